The van der Waals surface area contributed by atoms with E-state index in [0.717, 1.165) is 5.56 Å². The van der Waals surface area contributed by atoms with Crippen molar-refractivity contribution in [3.63, 3.8) is 0 Å². The van der Waals surface area contributed by atoms with Crippen molar-refractivity contribution in [3.05, 3.63) is 136 Å². The minimum Gasteiger partial charge on any atom is -0.508 e. The monoisotopic (exact) mass is 599 g/mol. The standard InChI is InChI=1S/C35H25N3O7/c36-21-28(17-23-8-12-30(39)13-9-23)34(43)37-29-19-24(18-27(20-29)35(44)45-38-31(40)14-15-32(38)41)16-22-6-10-26(11-7-22)33(42)25-4-2-1-3-5-25/h1-13,17-20,39H,14-16H2,(H,37,43)/b28-17+. The Kier molecular flexibility index (Phi) is 8.91. The van der Waals surface area contributed by atoms with Crippen LogP contribution >= 0.6 is 0 Å². The van der Waals surface area contributed by atoms with Crippen LogP contribution in [0.5, 0.6) is 5.75 Å². The summed E-state index contributed by atoms with van der Waals surface area (Å²) in [7, 11) is 0. The Morgan fingerprint density at radius 2 is 1.47 bits per heavy atom. The number of imide groups is 1. The minimum absolute atomic E-state index is 0.0288. The highest BCUT2D eigenvalue weighted by Crippen LogP contribution is 2.23. The molecular formula is C35H25N3O7. The number of nitrogens with one attached hydrogen (secondary N) is 1. The SMILES string of the molecule is N#C/C(=C\c1ccc(O)cc1)C(=O)Nc1cc(Cc2ccc(C(=O)c3ccccc3)cc2)cc(C(=O)ON2C(=O)CCC2=O)c1. The van der Waals surface area contributed by atoms with Crippen molar-refractivity contribution >= 4 is 41.2 Å². The number of hydroxylamine groups is 2. The van der Waals surface area contributed by atoms with Crippen LogP contribution in [0.2, 0.25) is 0 Å². The highest BCUT2D eigenvalue weighted by atomic mass is 16.7. The lowest BCUT2D eigenvalue weighted by Crippen LogP contribution is -2.32. The Hall–Kier alpha value is -6.34. The molecule has 3 amide bonds. The molecule has 0 unspecified atom stereocenters. The second kappa shape index (κ2) is 13.3. The second-order valence-corrected chi connectivity index (χ2v) is 10.2. The first-order valence-electron chi connectivity index (χ1n) is 13.8. The maximum Gasteiger partial charge on any atom is 0.364 e. The first-order chi connectivity index (χ1) is 21.7. The van der Waals surface area contributed by atoms with E-state index < -0.39 is 23.7 Å². The van der Waals surface area contributed by atoms with Gasteiger partial charge in [-0.3, -0.25) is 19.2 Å². The van der Waals surface area contributed by atoms with E-state index >= 15 is 0 Å². The summed E-state index contributed by atoms with van der Waals surface area (Å²) in [6.07, 6.45) is 1.48. The van der Waals surface area contributed by atoms with Gasteiger partial charge in [-0.05, 0) is 59.5 Å². The predicted molar refractivity (Wildman–Crippen MR) is 162 cm³/mol. The molecule has 5 rings (SSSR count). The summed E-state index contributed by atoms with van der Waals surface area (Å²) in [5, 5.41) is 22.2. The molecule has 1 saturated heterocycles. The van der Waals surface area contributed by atoms with E-state index in [2.05, 4.69) is 5.32 Å². The van der Waals surface area contributed by atoms with Gasteiger partial charge in [-0.15, -0.1) is 5.06 Å². The van der Waals surface area contributed by atoms with Gasteiger partial charge in [0.1, 0.15) is 17.4 Å². The van der Waals surface area contributed by atoms with Crippen LogP contribution in [0.25, 0.3) is 6.08 Å². The Bertz CT molecular complexity index is 1860. The summed E-state index contributed by atoms with van der Waals surface area (Å²) >= 11 is 0. The Labute approximate surface area is 257 Å². The van der Waals surface area contributed by atoms with Crippen molar-refractivity contribution in [3.8, 4) is 11.8 Å². The fraction of sp³-hybridized carbons (Fsp3) is 0.0857. The molecule has 0 radical (unpaired) electrons. The number of phenols is 1. The van der Waals surface area contributed by atoms with Crippen molar-refractivity contribution in [2.75, 3.05) is 5.32 Å². The molecule has 1 aliphatic rings. The topological polar surface area (TPSA) is 154 Å². The number of nitrogens with zero attached hydrogens (tertiary/aromatic N) is 2. The summed E-state index contributed by atoms with van der Waals surface area (Å²) in [6, 6.07) is 28.0. The fourth-order valence-corrected chi connectivity index (χ4v) is 4.63. The molecule has 0 spiro atoms. The van der Waals surface area contributed by atoms with E-state index in [1.54, 1.807) is 54.6 Å². The summed E-state index contributed by atoms with van der Waals surface area (Å²) in [4.78, 5) is 68.0. The molecule has 0 saturated carbocycles. The number of rotatable bonds is 9. The molecule has 222 valence electrons. The Morgan fingerprint density at radius 1 is 0.822 bits per heavy atom. The van der Waals surface area contributed by atoms with E-state index in [9.17, 15) is 34.3 Å². The number of hydrogen-bond donors (Lipinski definition) is 2. The molecule has 45 heavy (non-hydrogen) atoms. The first-order valence-corrected chi connectivity index (χ1v) is 13.8. The third-order valence-corrected chi connectivity index (χ3v) is 6.90. The van der Waals surface area contributed by atoms with Gasteiger partial charge in [-0.1, -0.05) is 66.7 Å². The van der Waals surface area contributed by atoms with E-state index in [1.807, 2.05) is 12.1 Å². The molecule has 1 fully saturated rings. The van der Waals surface area contributed by atoms with Gasteiger partial charge in [-0.25, -0.2) is 4.79 Å². The maximum absolute atomic E-state index is 13.1. The molecule has 0 aromatic heterocycles. The molecule has 2 N–H and O–H groups in total. The van der Waals surface area contributed by atoms with Crippen molar-refractivity contribution in [2.24, 2.45) is 0 Å². The molecular weight excluding hydrogens is 574 g/mol. The van der Waals surface area contributed by atoms with Crippen LogP contribution in [0.1, 0.15) is 55.8 Å². The number of ketones is 1. The second-order valence-electron chi connectivity index (χ2n) is 10.2. The number of amides is 3. The number of nitriles is 1. The normalized spacial score (nSPS) is 12.9. The van der Waals surface area contributed by atoms with Gasteiger partial charge < -0.3 is 15.3 Å². The number of benzene rings is 4. The van der Waals surface area contributed by atoms with Gasteiger partial charge >= 0.3 is 5.97 Å². The minimum atomic E-state index is -0.986. The zero-order valence-corrected chi connectivity index (χ0v) is 23.7. The van der Waals surface area contributed by atoms with Crippen LogP contribution in [-0.2, 0) is 25.6 Å². The van der Waals surface area contributed by atoms with Gasteiger partial charge in [0, 0.05) is 29.7 Å². The number of carbonyl (C=O) groups is 5. The maximum atomic E-state index is 13.1. The lowest BCUT2D eigenvalue weighted by molar-refractivity contribution is -0.172. The summed E-state index contributed by atoms with van der Waals surface area (Å²) in [5.74, 6) is -3.12. The summed E-state index contributed by atoms with van der Waals surface area (Å²) < 4.78 is 0. The number of hydrogen-bond acceptors (Lipinski definition) is 8. The molecule has 0 bridgehead atoms. The fourth-order valence-electron chi connectivity index (χ4n) is 4.63. The van der Waals surface area contributed by atoms with Crippen molar-refractivity contribution in [1.82, 2.24) is 5.06 Å². The van der Waals surface area contributed by atoms with Gasteiger partial charge in [-0.2, -0.15) is 5.26 Å². The van der Waals surface area contributed by atoms with E-state index in [-0.39, 0.29) is 47.6 Å². The molecule has 10 nitrogen and oxygen atoms in total. The van der Waals surface area contributed by atoms with Crippen LogP contribution in [0, 0.1) is 11.3 Å². The average molecular weight is 600 g/mol. The number of anilines is 1. The van der Waals surface area contributed by atoms with Crippen LogP contribution in [-0.4, -0.2) is 39.6 Å². The molecule has 4 aromatic rings. The number of phenolic OH excluding ortho intramolecular Hbond substituents is 1. The van der Waals surface area contributed by atoms with E-state index in [4.69, 9.17) is 4.84 Å². The summed E-state index contributed by atoms with van der Waals surface area (Å²) in [6.45, 7) is 0. The van der Waals surface area contributed by atoms with E-state index in [0.29, 0.717) is 27.3 Å². The first kappa shape index (κ1) is 30.1. The quantitative estimate of drug-likeness (QED) is 0.118. The van der Waals surface area contributed by atoms with Crippen LogP contribution < -0.4 is 5.32 Å². The molecule has 1 heterocycles. The predicted octanol–water partition coefficient (Wildman–Crippen LogP) is 4.98. The summed E-state index contributed by atoms with van der Waals surface area (Å²) in [5.41, 5.74) is 2.79. The third-order valence-electron chi connectivity index (χ3n) is 6.90. The Morgan fingerprint density at radius 3 is 2.11 bits per heavy atom. The zero-order chi connectivity index (χ0) is 31.9. The van der Waals surface area contributed by atoms with Gasteiger partial charge in [0.15, 0.2) is 5.78 Å². The van der Waals surface area contributed by atoms with Gasteiger partial charge in [0.25, 0.3) is 17.7 Å². The molecule has 0 atom stereocenters. The van der Waals surface area contributed by atoms with Crippen LogP contribution in [0.15, 0.2) is 103 Å². The molecule has 1 aliphatic heterocycles. The molecule has 10 heteroatoms. The average Bonchev–Trinajstić information content (AvgIpc) is 3.36. The largest absolute Gasteiger partial charge is 0.508 e. The van der Waals surface area contributed by atoms with Gasteiger partial charge in [0.05, 0.1) is 5.56 Å². The van der Waals surface area contributed by atoms with Crippen molar-refractivity contribution in [1.29, 1.82) is 5.26 Å². The lowest BCUT2D eigenvalue weighted by atomic mass is 9.98. The van der Waals surface area contributed by atoms with Crippen LogP contribution in [0.3, 0.4) is 0 Å². The zero-order valence-electron chi connectivity index (χ0n) is 23.7. The van der Waals surface area contributed by atoms with Crippen molar-refractivity contribution in [2.45, 2.75) is 19.3 Å². The lowest BCUT2D eigenvalue weighted by Gasteiger charge is -2.15. The number of carbonyl (C=O) groups excluding carboxylic acids is 5. The van der Waals surface area contributed by atoms with Crippen LogP contribution in [0.4, 0.5) is 5.69 Å². The molecule has 4 aromatic carbocycles. The van der Waals surface area contributed by atoms with Crippen molar-refractivity contribution < 1.29 is 33.9 Å². The smallest absolute Gasteiger partial charge is 0.364 e. The highest BCUT2D eigenvalue weighted by Gasteiger charge is 2.33. The third kappa shape index (κ3) is 7.36. The number of aromatic hydroxyl groups is 1. The Balaban J connectivity index is 1.41. The van der Waals surface area contributed by atoms with E-state index in [1.165, 1.54) is 42.5 Å². The highest BCUT2D eigenvalue weighted by molar-refractivity contribution is 6.10. The van der Waals surface area contributed by atoms with Gasteiger partial charge in [0.2, 0.25) is 0 Å². The molecule has 0 aliphatic carbocycles.